The average Bonchev–Trinajstić information content (AvgIpc) is 2.78. The summed E-state index contributed by atoms with van der Waals surface area (Å²) in [5.41, 5.74) is 1.77. The summed E-state index contributed by atoms with van der Waals surface area (Å²) in [5.74, 6) is 0.712. The van der Waals surface area contributed by atoms with E-state index >= 15 is 0 Å². The van der Waals surface area contributed by atoms with Crippen LogP contribution in [0.5, 0.6) is 0 Å². The van der Waals surface area contributed by atoms with Gasteiger partial charge in [0.2, 0.25) is 0 Å². The van der Waals surface area contributed by atoms with E-state index in [1.807, 2.05) is 26.1 Å². The highest BCUT2D eigenvalue weighted by Crippen LogP contribution is 2.31. The minimum atomic E-state index is -0.0000252. The van der Waals surface area contributed by atoms with Crippen LogP contribution in [-0.4, -0.2) is 19.7 Å². The van der Waals surface area contributed by atoms with Gasteiger partial charge in [-0.05, 0) is 40.5 Å². The Morgan fingerprint density at radius 3 is 2.73 bits per heavy atom. The van der Waals surface area contributed by atoms with Gasteiger partial charge >= 0.3 is 0 Å². The first-order chi connectivity index (χ1) is 10.5. The summed E-state index contributed by atoms with van der Waals surface area (Å²) in [4.78, 5) is 8.57. The molecule has 5 nitrogen and oxygen atoms in total. The summed E-state index contributed by atoms with van der Waals surface area (Å²) in [7, 11) is 1.84. The van der Waals surface area contributed by atoms with Crippen LogP contribution >= 0.6 is 39.1 Å². The normalized spacial score (nSPS) is 12.6. The van der Waals surface area contributed by atoms with Crippen LogP contribution in [0.2, 0.25) is 10.0 Å². The Labute approximate surface area is 145 Å². The smallest absolute Gasteiger partial charge is 0.164 e. The zero-order valence-electron chi connectivity index (χ0n) is 11.8. The molecule has 3 aromatic rings. The van der Waals surface area contributed by atoms with E-state index < -0.39 is 0 Å². The Morgan fingerprint density at radius 2 is 2.00 bits per heavy atom. The van der Waals surface area contributed by atoms with Crippen LogP contribution in [0.1, 0.15) is 18.5 Å². The third-order valence-electron chi connectivity index (χ3n) is 3.37. The van der Waals surface area contributed by atoms with Gasteiger partial charge in [-0.15, -0.1) is 0 Å². The number of rotatable bonds is 3. The minimum Gasteiger partial charge on any atom is -0.363 e. The van der Waals surface area contributed by atoms with Gasteiger partial charge in [-0.2, -0.15) is 5.10 Å². The molecule has 3 rings (SSSR count). The maximum absolute atomic E-state index is 6.08. The third kappa shape index (κ3) is 2.78. The van der Waals surface area contributed by atoms with Gasteiger partial charge in [-0.3, -0.25) is 0 Å². The summed E-state index contributed by atoms with van der Waals surface area (Å²) in [6.45, 7) is 2.03. The fraction of sp³-hybridized carbons (Fsp3) is 0.214. The Hall–Kier alpha value is -1.37. The molecule has 114 valence electrons. The molecule has 1 unspecified atom stereocenters. The van der Waals surface area contributed by atoms with E-state index in [4.69, 9.17) is 23.2 Å². The molecule has 0 saturated heterocycles. The van der Waals surface area contributed by atoms with Crippen LogP contribution in [0.15, 0.2) is 29.1 Å². The fourth-order valence-corrected chi connectivity index (χ4v) is 3.13. The molecular formula is C14H12BrCl2N5. The molecule has 2 heterocycles. The Balaban J connectivity index is 1.97. The summed E-state index contributed by atoms with van der Waals surface area (Å²) in [6, 6.07) is 5.56. The zero-order chi connectivity index (χ0) is 15.9. The number of hydrogen-bond acceptors (Lipinski definition) is 4. The number of hydrogen-bond donors (Lipinski definition) is 1. The molecule has 0 fully saturated rings. The molecule has 0 aliphatic rings. The van der Waals surface area contributed by atoms with Crippen molar-refractivity contribution in [3.63, 3.8) is 0 Å². The van der Waals surface area contributed by atoms with Crippen molar-refractivity contribution in [1.82, 2.24) is 19.7 Å². The number of anilines is 1. The number of nitrogens with zero attached hydrogens (tertiary/aromatic N) is 4. The predicted octanol–water partition coefficient (Wildman–Crippen LogP) is 4.61. The highest BCUT2D eigenvalue weighted by molar-refractivity contribution is 9.10. The number of halogens is 3. The van der Waals surface area contributed by atoms with Gasteiger partial charge in [0.25, 0.3) is 0 Å². The molecule has 0 amide bonds. The van der Waals surface area contributed by atoms with Gasteiger partial charge in [-0.1, -0.05) is 29.3 Å². The largest absolute Gasteiger partial charge is 0.363 e. The van der Waals surface area contributed by atoms with E-state index in [2.05, 4.69) is 36.3 Å². The molecule has 1 atom stereocenters. The first-order valence-electron chi connectivity index (χ1n) is 6.52. The summed E-state index contributed by atoms with van der Waals surface area (Å²) in [5, 5.41) is 9.59. The lowest BCUT2D eigenvalue weighted by Gasteiger charge is -2.16. The van der Waals surface area contributed by atoms with Crippen LogP contribution in [0.3, 0.4) is 0 Å². The van der Waals surface area contributed by atoms with Crippen molar-refractivity contribution in [2.75, 3.05) is 5.32 Å². The molecular weight excluding hydrogens is 389 g/mol. The molecule has 22 heavy (non-hydrogen) atoms. The van der Waals surface area contributed by atoms with Crippen molar-refractivity contribution in [1.29, 1.82) is 0 Å². The highest BCUT2D eigenvalue weighted by Gasteiger charge is 2.16. The summed E-state index contributed by atoms with van der Waals surface area (Å²) >= 11 is 15.5. The van der Waals surface area contributed by atoms with Crippen molar-refractivity contribution >= 4 is 56.0 Å². The average molecular weight is 401 g/mol. The molecule has 0 radical (unpaired) electrons. The van der Waals surface area contributed by atoms with Crippen LogP contribution in [0.4, 0.5) is 5.82 Å². The van der Waals surface area contributed by atoms with E-state index in [9.17, 15) is 0 Å². The molecule has 0 aliphatic heterocycles. The fourth-order valence-electron chi connectivity index (χ4n) is 2.22. The number of benzene rings is 1. The van der Waals surface area contributed by atoms with Crippen LogP contribution < -0.4 is 5.32 Å². The second-order valence-electron chi connectivity index (χ2n) is 4.87. The van der Waals surface area contributed by atoms with Crippen molar-refractivity contribution in [3.8, 4) is 0 Å². The molecule has 2 aromatic heterocycles. The maximum atomic E-state index is 6.08. The van der Waals surface area contributed by atoms with Crippen molar-refractivity contribution in [3.05, 3.63) is 44.7 Å². The van der Waals surface area contributed by atoms with E-state index in [1.54, 1.807) is 10.7 Å². The zero-order valence-corrected chi connectivity index (χ0v) is 14.9. The van der Waals surface area contributed by atoms with Crippen LogP contribution in [-0.2, 0) is 7.05 Å². The SMILES string of the molecule is CC(Nc1ncnc2c1c(Br)nn2C)c1ccc(Cl)c(Cl)c1. The Kier molecular flexibility index (Phi) is 4.25. The lowest BCUT2D eigenvalue weighted by atomic mass is 10.1. The number of nitrogens with one attached hydrogen (secondary N) is 1. The molecule has 0 spiro atoms. The van der Waals surface area contributed by atoms with E-state index in [1.165, 1.54) is 6.33 Å². The predicted molar refractivity (Wildman–Crippen MR) is 92.5 cm³/mol. The van der Waals surface area contributed by atoms with Crippen LogP contribution in [0, 0.1) is 0 Å². The second kappa shape index (κ2) is 6.02. The molecule has 1 aromatic carbocycles. The topological polar surface area (TPSA) is 55.6 Å². The van der Waals surface area contributed by atoms with E-state index in [-0.39, 0.29) is 6.04 Å². The lowest BCUT2D eigenvalue weighted by Crippen LogP contribution is -2.08. The molecule has 8 heteroatoms. The van der Waals surface area contributed by atoms with Gasteiger partial charge in [0, 0.05) is 7.05 Å². The highest BCUT2D eigenvalue weighted by atomic mass is 79.9. The lowest BCUT2D eigenvalue weighted by molar-refractivity contribution is 0.777. The first kappa shape index (κ1) is 15.5. The minimum absolute atomic E-state index is 0.0000252. The van der Waals surface area contributed by atoms with Crippen molar-refractivity contribution in [2.24, 2.45) is 7.05 Å². The molecule has 0 saturated carbocycles. The van der Waals surface area contributed by atoms with Crippen molar-refractivity contribution in [2.45, 2.75) is 13.0 Å². The first-order valence-corrected chi connectivity index (χ1v) is 8.07. The number of aryl methyl sites for hydroxylation is 1. The monoisotopic (exact) mass is 399 g/mol. The third-order valence-corrected chi connectivity index (χ3v) is 4.67. The van der Waals surface area contributed by atoms with Gasteiger partial charge in [0.15, 0.2) is 5.65 Å². The van der Waals surface area contributed by atoms with Gasteiger partial charge in [0.05, 0.1) is 21.5 Å². The van der Waals surface area contributed by atoms with E-state index in [0.717, 1.165) is 16.6 Å². The van der Waals surface area contributed by atoms with Gasteiger partial charge in [0.1, 0.15) is 16.7 Å². The quantitative estimate of drug-likeness (QED) is 0.697. The Bertz CT molecular complexity index is 849. The number of fused-ring (bicyclic) bond motifs is 1. The van der Waals surface area contributed by atoms with E-state index in [0.29, 0.717) is 20.5 Å². The number of aromatic nitrogens is 4. The Morgan fingerprint density at radius 1 is 1.23 bits per heavy atom. The maximum Gasteiger partial charge on any atom is 0.164 e. The van der Waals surface area contributed by atoms with Gasteiger partial charge < -0.3 is 5.32 Å². The van der Waals surface area contributed by atoms with Gasteiger partial charge in [-0.25, -0.2) is 14.6 Å². The summed E-state index contributed by atoms with van der Waals surface area (Å²) in [6.07, 6.45) is 1.51. The molecule has 0 aliphatic carbocycles. The molecule has 0 bridgehead atoms. The van der Waals surface area contributed by atoms with Crippen LogP contribution in [0.25, 0.3) is 11.0 Å². The van der Waals surface area contributed by atoms with Crippen molar-refractivity contribution < 1.29 is 0 Å². The molecule has 1 N–H and O–H groups in total. The standard InChI is InChI=1S/C14H12BrCl2N5/c1-7(8-3-4-9(16)10(17)5-8)20-13-11-12(15)21-22(2)14(11)19-6-18-13/h3-7H,1-2H3,(H,18,19,20). The second-order valence-corrected chi connectivity index (χ2v) is 6.44. The summed E-state index contributed by atoms with van der Waals surface area (Å²) < 4.78 is 2.41.